The zero-order valence-corrected chi connectivity index (χ0v) is 19.1. The number of alkyl halides is 2. The lowest BCUT2D eigenvalue weighted by atomic mass is 9.88. The molecule has 1 aromatic carbocycles. The molecule has 1 unspecified atom stereocenters. The highest BCUT2D eigenvalue weighted by atomic mass is 19.3. The Hall–Kier alpha value is -2.80. The summed E-state index contributed by atoms with van der Waals surface area (Å²) < 4.78 is 27.0. The second kappa shape index (κ2) is 8.52. The van der Waals surface area contributed by atoms with Crippen molar-refractivity contribution in [2.45, 2.75) is 57.4 Å². The number of likely N-dealkylation sites (tertiary alicyclic amines) is 1. The summed E-state index contributed by atoms with van der Waals surface area (Å²) >= 11 is 0. The van der Waals surface area contributed by atoms with E-state index in [9.17, 15) is 13.6 Å². The number of nitrogens with one attached hydrogen (secondary N) is 2. The van der Waals surface area contributed by atoms with Crippen LogP contribution in [0.5, 0.6) is 0 Å². The number of H-pyrrole nitrogens is 1. The van der Waals surface area contributed by atoms with E-state index in [1.54, 1.807) is 4.90 Å². The Morgan fingerprint density at radius 2 is 2.00 bits per heavy atom. The molecular formula is C26H30F2N4O. The fraction of sp³-hybridized carbons (Fsp3) is 0.462. The van der Waals surface area contributed by atoms with E-state index in [0.29, 0.717) is 19.0 Å². The number of carbonyl (C=O) groups is 1. The normalized spacial score (nSPS) is 21.1. The first-order chi connectivity index (χ1) is 15.8. The van der Waals surface area contributed by atoms with Crippen LogP contribution in [-0.2, 0) is 11.2 Å². The average molecular weight is 453 g/mol. The summed E-state index contributed by atoms with van der Waals surface area (Å²) in [6, 6.07) is 10.0. The van der Waals surface area contributed by atoms with Gasteiger partial charge in [-0.25, -0.2) is 8.78 Å². The molecule has 1 amide bonds. The third kappa shape index (κ3) is 4.26. The quantitative estimate of drug-likeness (QED) is 0.598. The van der Waals surface area contributed by atoms with Crippen LogP contribution in [-0.4, -0.2) is 52.4 Å². The Bertz CT molecular complexity index is 1180. The smallest absolute Gasteiger partial charge is 0.262 e. The predicted molar refractivity (Wildman–Crippen MR) is 126 cm³/mol. The van der Waals surface area contributed by atoms with Crippen molar-refractivity contribution >= 4 is 16.8 Å². The van der Waals surface area contributed by atoms with Gasteiger partial charge in [-0.1, -0.05) is 13.0 Å². The standard InChI is InChI=1S/C26H30F2N4O/c1-3-20-21-13-18(4-5-22(21)31-24(20)19-6-9-29-16(2)12-19)17-7-10-32(11-8-17)25(33)23-14-26(27,28)15-30-23/h4-6,9,12-13,17,23,30-31H,3,7-8,10-11,14-15H2,1-2H3. The van der Waals surface area contributed by atoms with E-state index in [4.69, 9.17) is 0 Å². The number of rotatable bonds is 4. The molecule has 0 radical (unpaired) electrons. The highest BCUT2D eigenvalue weighted by Crippen LogP contribution is 2.36. The van der Waals surface area contributed by atoms with Crippen LogP contribution in [0, 0.1) is 6.92 Å². The Morgan fingerprint density at radius 1 is 1.21 bits per heavy atom. The average Bonchev–Trinajstić information content (AvgIpc) is 3.37. The van der Waals surface area contributed by atoms with Gasteiger partial charge >= 0.3 is 0 Å². The third-order valence-corrected chi connectivity index (χ3v) is 7.16. The van der Waals surface area contributed by atoms with Crippen molar-refractivity contribution in [1.29, 1.82) is 0 Å². The maximum absolute atomic E-state index is 13.5. The van der Waals surface area contributed by atoms with Crippen LogP contribution in [0.2, 0.25) is 0 Å². The molecule has 0 bridgehead atoms. The minimum Gasteiger partial charge on any atom is -0.354 e. The van der Waals surface area contributed by atoms with Crippen molar-refractivity contribution in [3.05, 3.63) is 53.3 Å². The van der Waals surface area contributed by atoms with Gasteiger partial charge in [0.1, 0.15) is 0 Å². The summed E-state index contributed by atoms with van der Waals surface area (Å²) in [6.45, 7) is 5.00. The summed E-state index contributed by atoms with van der Waals surface area (Å²) in [5, 5.41) is 3.94. The number of hydrogen-bond donors (Lipinski definition) is 2. The SMILES string of the molecule is CCc1c(-c2ccnc(C)c2)[nH]c2ccc(C3CCN(C(=O)C4CC(F)(F)CN4)CC3)cc12. The van der Waals surface area contributed by atoms with E-state index in [1.165, 1.54) is 16.5 Å². The Labute approximate surface area is 192 Å². The molecule has 1 atom stereocenters. The number of aromatic nitrogens is 2. The van der Waals surface area contributed by atoms with Gasteiger partial charge in [-0.3, -0.25) is 15.1 Å². The zero-order valence-electron chi connectivity index (χ0n) is 19.1. The van der Waals surface area contributed by atoms with Crippen LogP contribution in [0.1, 0.15) is 48.9 Å². The molecule has 2 aliphatic rings. The van der Waals surface area contributed by atoms with Gasteiger partial charge in [-0.15, -0.1) is 0 Å². The molecule has 0 spiro atoms. The van der Waals surface area contributed by atoms with Gasteiger partial charge in [0.25, 0.3) is 5.92 Å². The number of aromatic amines is 1. The van der Waals surface area contributed by atoms with Crippen molar-refractivity contribution < 1.29 is 13.6 Å². The monoisotopic (exact) mass is 452 g/mol. The van der Waals surface area contributed by atoms with Gasteiger partial charge in [0.05, 0.1) is 12.6 Å². The molecule has 2 saturated heterocycles. The molecule has 0 aliphatic carbocycles. The number of fused-ring (bicyclic) bond motifs is 1. The lowest BCUT2D eigenvalue weighted by molar-refractivity contribution is -0.134. The molecular weight excluding hydrogens is 422 g/mol. The Morgan fingerprint density at radius 3 is 2.67 bits per heavy atom. The number of nitrogens with zero attached hydrogens (tertiary/aromatic N) is 2. The molecule has 5 nitrogen and oxygen atoms in total. The number of pyridine rings is 1. The van der Waals surface area contributed by atoms with Gasteiger partial charge in [0, 0.05) is 53.6 Å². The van der Waals surface area contributed by atoms with E-state index < -0.39 is 24.9 Å². The van der Waals surface area contributed by atoms with Crippen molar-refractivity contribution in [2.24, 2.45) is 0 Å². The molecule has 2 N–H and O–H groups in total. The number of benzene rings is 1. The highest BCUT2D eigenvalue weighted by molar-refractivity contribution is 5.91. The van der Waals surface area contributed by atoms with Crippen molar-refractivity contribution in [3.63, 3.8) is 0 Å². The van der Waals surface area contributed by atoms with Crippen molar-refractivity contribution in [2.75, 3.05) is 19.6 Å². The minimum atomic E-state index is -2.78. The summed E-state index contributed by atoms with van der Waals surface area (Å²) in [5.41, 5.74) is 7.00. The molecule has 33 heavy (non-hydrogen) atoms. The van der Waals surface area contributed by atoms with E-state index in [2.05, 4.69) is 46.5 Å². The maximum atomic E-state index is 13.5. The number of halogens is 2. The van der Waals surface area contributed by atoms with E-state index >= 15 is 0 Å². The predicted octanol–water partition coefficient (Wildman–Crippen LogP) is 4.80. The molecule has 2 aromatic heterocycles. The fourth-order valence-electron chi connectivity index (χ4n) is 5.38. The van der Waals surface area contributed by atoms with Gasteiger partial charge < -0.3 is 9.88 Å². The van der Waals surface area contributed by atoms with Gasteiger partial charge in [-0.05, 0) is 67.5 Å². The first-order valence-electron chi connectivity index (χ1n) is 11.8. The first kappa shape index (κ1) is 22.0. The van der Waals surface area contributed by atoms with E-state index in [1.807, 2.05) is 19.2 Å². The molecule has 2 aliphatic heterocycles. The molecule has 174 valence electrons. The molecule has 3 aromatic rings. The largest absolute Gasteiger partial charge is 0.354 e. The van der Waals surface area contributed by atoms with Crippen molar-refractivity contribution in [3.8, 4) is 11.3 Å². The van der Waals surface area contributed by atoms with E-state index in [0.717, 1.165) is 41.7 Å². The first-order valence-corrected chi connectivity index (χ1v) is 11.8. The third-order valence-electron chi connectivity index (χ3n) is 7.16. The van der Waals surface area contributed by atoms with Crippen LogP contribution in [0.3, 0.4) is 0 Å². The molecule has 2 fully saturated rings. The minimum absolute atomic E-state index is 0.183. The maximum Gasteiger partial charge on any atom is 0.262 e. The van der Waals surface area contributed by atoms with Crippen LogP contribution in [0.4, 0.5) is 8.78 Å². The number of aryl methyl sites for hydroxylation is 2. The number of amides is 1. The summed E-state index contributed by atoms with van der Waals surface area (Å²) in [6.07, 6.45) is 4.07. The fourth-order valence-corrected chi connectivity index (χ4v) is 5.38. The summed E-state index contributed by atoms with van der Waals surface area (Å²) in [5.74, 6) is -2.60. The Kier molecular flexibility index (Phi) is 5.69. The number of hydrogen-bond acceptors (Lipinski definition) is 3. The van der Waals surface area contributed by atoms with Crippen molar-refractivity contribution in [1.82, 2.24) is 20.2 Å². The topological polar surface area (TPSA) is 61.0 Å². The highest BCUT2D eigenvalue weighted by Gasteiger charge is 2.43. The number of carbonyl (C=O) groups excluding carboxylic acids is 1. The molecule has 7 heteroatoms. The second-order valence-corrected chi connectivity index (χ2v) is 9.42. The van der Waals surface area contributed by atoms with Crippen LogP contribution < -0.4 is 5.32 Å². The summed E-state index contributed by atoms with van der Waals surface area (Å²) in [7, 11) is 0. The number of piperidine rings is 1. The van der Waals surface area contributed by atoms with E-state index in [-0.39, 0.29) is 5.91 Å². The van der Waals surface area contributed by atoms with Gasteiger partial charge in [0.2, 0.25) is 5.91 Å². The van der Waals surface area contributed by atoms with Crippen LogP contribution in [0.15, 0.2) is 36.5 Å². The van der Waals surface area contributed by atoms with Crippen LogP contribution >= 0.6 is 0 Å². The second-order valence-electron chi connectivity index (χ2n) is 9.42. The lowest BCUT2D eigenvalue weighted by Gasteiger charge is -2.33. The lowest BCUT2D eigenvalue weighted by Crippen LogP contribution is -2.46. The summed E-state index contributed by atoms with van der Waals surface area (Å²) in [4.78, 5) is 22.3. The zero-order chi connectivity index (χ0) is 23.2. The Balaban J connectivity index is 1.33. The van der Waals surface area contributed by atoms with Gasteiger partial charge in [-0.2, -0.15) is 0 Å². The van der Waals surface area contributed by atoms with Gasteiger partial charge in [0.15, 0.2) is 0 Å². The molecule has 0 saturated carbocycles. The van der Waals surface area contributed by atoms with Crippen LogP contribution in [0.25, 0.3) is 22.2 Å². The molecule has 4 heterocycles. The molecule has 5 rings (SSSR count).